The Morgan fingerprint density at radius 1 is 1.05 bits per heavy atom. The van der Waals surface area contributed by atoms with Crippen LogP contribution in [0.4, 0.5) is 4.39 Å². The van der Waals surface area contributed by atoms with E-state index in [9.17, 15) is 14.0 Å². The van der Waals surface area contributed by atoms with Crippen LogP contribution in [0.15, 0.2) is 59.7 Å². The topological polar surface area (TPSA) is 58.4 Å². The van der Waals surface area contributed by atoms with Gasteiger partial charge in [-0.05, 0) is 59.7 Å². The van der Waals surface area contributed by atoms with Crippen molar-refractivity contribution in [3.8, 4) is 10.4 Å². The molecule has 2 aromatic carbocycles. The molecule has 0 spiro atoms. The summed E-state index contributed by atoms with van der Waals surface area (Å²) in [6.45, 7) is 5.94. The van der Waals surface area contributed by atoms with E-state index in [1.165, 1.54) is 40.2 Å². The highest BCUT2D eigenvalue weighted by Crippen LogP contribution is 2.33. The number of aryl methyl sites for hydroxylation is 1. The van der Waals surface area contributed by atoms with Gasteiger partial charge in [-0.1, -0.05) is 30.3 Å². The molecular weight excluding hydrogens is 487 g/mol. The molecule has 190 valence electrons. The number of hydrogen-bond acceptors (Lipinski definition) is 5. The van der Waals surface area contributed by atoms with E-state index in [2.05, 4.69) is 28.1 Å². The molecule has 0 unspecified atom stereocenters. The summed E-state index contributed by atoms with van der Waals surface area (Å²) in [6.07, 6.45) is 4.34. The van der Waals surface area contributed by atoms with Crippen LogP contribution >= 0.6 is 11.3 Å². The third kappa shape index (κ3) is 4.83. The minimum Gasteiger partial charge on any atom is -0.340 e. The first-order chi connectivity index (χ1) is 17.9. The molecule has 0 saturated carbocycles. The molecule has 37 heavy (non-hydrogen) atoms. The van der Waals surface area contributed by atoms with Gasteiger partial charge >= 0.3 is 0 Å². The Hall–Kier alpha value is -3.36. The van der Waals surface area contributed by atoms with Gasteiger partial charge in [-0.3, -0.25) is 19.1 Å². The molecule has 2 aromatic heterocycles. The predicted octanol–water partition coefficient (Wildman–Crippen LogP) is 4.66. The fourth-order valence-electron chi connectivity index (χ4n) is 5.55. The summed E-state index contributed by atoms with van der Waals surface area (Å²) in [5.41, 5.74) is 5.55. The van der Waals surface area contributed by atoms with Crippen LogP contribution in [-0.2, 0) is 24.2 Å². The van der Waals surface area contributed by atoms with Crippen LogP contribution in [0.5, 0.6) is 0 Å². The average molecular weight is 517 g/mol. The van der Waals surface area contributed by atoms with E-state index in [1.807, 2.05) is 11.0 Å². The molecule has 0 bridgehead atoms. The molecule has 1 amide bonds. The van der Waals surface area contributed by atoms with Crippen LogP contribution in [0.1, 0.15) is 36.1 Å². The lowest BCUT2D eigenvalue weighted by molar-refractivity contribution is -0.130. The quantitative estimate of drug-likeness (QED) is 0.396. The third-order valence-corrected chi connectivity index (χ3v) is 8.84. The van der Waals surface area contributed by atoms with E-state index in [4.69, 9.17) is 0 Å². The average Bonchev–Trinajstić information content (AvgIpc) is 3.35. The molecule has 0 radical (unpaired) electrons. The van der Waals surface area contributed by atoms with Gasteiger partial charge in [0.2, 0.25) is 5.91 Å². The van der Waals surface area contributed by atoms with Crippen LogP contribution in [0.3, 0.4) is 0 Å². The second-order valence-electron chi connectivity index (χ2n) is 10.1. The zero-order chi connectivity index (χ0) is 25.5. The van der Waals surface area contributed by atoms with E-state index < -0.39 is 0 Å². The van der Waals surface area contributed by atoms with Crippen molar-refractivity contribution in [2.45, 2.75) is 38.8 Å². The first-order valence-corrected chi connectivity index (χ1v) is 13.6. The molecule has 4 aromatic rings. The molecule has 6 nitrogen and oxygen atoms in total. The van der Waals surface area contributed by atoms with E-state index >= 15 is 0 Å². The number of benzene rings is 2. The molecule has 1 aliphatic heterocycles. The number of carbonyl (C=O) groups excluding carboxylic acids is 1. The minimum atomic E-state index is -0.275. The molecule has 1 saturated heterocycles. The van der Waals surface area contributed by atoms with Crippen molar-refractivity contribution in [3.05, 3.63) is 87.7 Å². The van der Waals surface area contributed by atoms with Gasteiger partial charge in [-0.25, -0.2) is 9.37 Å². The van der Waals surface area contributed by atoms with E-state index in [0.29, 0.717) is 10.2 Å². The lowest BCUT2D eigenvalue weighted by atomic mass is 9.87. The van der Waals surface area contributed by atoms with E-state index in [0.717, 1.165) is 62.4 Å². The van der Waals surface area contributed by atoms with Crippen LogP contribution in [0.25, 0.3) is 20.7 Å². The second kappa shape index (κ2) is 9.84. The molecule has 1 fully saturated rings. The van der Waals surface area contributed by atoms with Gasteiger partial charge in [0.15, 0.2) is 0 Å². The van der Waals surface area contributed by atoms with Crippen LogP contribution in [0, 0.1) is 5.82 Å². The molecule has 2 aliphatic rings. The summed E-state index contributed by atoms with van der Waals surface area (Å²) in [5, 5.41) is 0. The molecule has 6 rings (SSSR count). The Labute approximate surface area is 219 Å². The SMILES string of the molecule is CC(=O)N1CCN(Cc2ccc3c(c2)CC[C@H](n2cnc4cc(-c5ccc(F)cc5)sc4c2=O)C3)CC1. The van der Waals surface area contributed by atoms with Crippen molar-refractivity contribution in [1.82, 2.24) is 19.4 Å². The van der Waals surface area contributed by atoms with Gasteiger partial charge in [-0.15, -0.1) is 11.3 Å². The Balaban J connectivity index is 1.18. The van der Waals surface area contributed by atoms with E-state index in [1.54, 1.807) is 30.0 Å². The summed E-state index contributed by atoms with van der Waals surface area (Å²) in [7, 11) is 0. The molecular formula is C29H29FN4O2S. The molecule has 1 atom stereocenters. The number of carbonyl (C=O) groups is 1. The fraction of sp³-hybridized carbons (Fsp3) is 0.345. The molecule has 3 heterocycles. The van der Waals surface area contributed by atoms with Crippen molar-refractivity contribution in [3.63, 3.8) is 0 Å². The van der Waals surface area contributed by atoms with Gasteiger partial charge in [0.05, 0.1) is 11.8 Å². The van der Waals surface area contributed by atoms with E-state index in [-0.39, 0.29) is 23.3 Å². The lowest BCUT2D eigenvalue weighted by Crippen LogP contribution is -2.47. The van der Waals surface area contributed by atoms with Gasteiger partial charge in [0, 0.05) is 50.6 Å². The Kier molecular flexibility index (Phi) is 6.38. The van der Waals surface area contributed by atoms with Crippen molar-refractivity contribution in [2.24, 2.45) is 0 Å². The summed E-state index contributed by atoms with van der Waals surface area (Å²) in [4.78, 5) is 34.8. The summed E-state index contributed by atoms with van der Waals surface area (Å²) in [5.74, 6) is -0.119. The zero-order valence-corrected chi connectivity index (χ0v) is 21.6. The number of hydrogen-bond donors (Lipinski definition) is 0. The van der Waals surface area contributed by atoms with Gasteiger partial charge < -0.3 is 4.90 Å². The maximum absolute atomic E-state index is 13.4. The normalized spacial score (nSPS) is 18.2. The highest BCUT2D eigenvalue weighted by atomic mass is 32.1. The number of aromatic nitrogens is 2. The van der Waals surface area contributed by atoms with Gasteiger partial charge in [-0.2, -0.15) is 0 Å². The second-order valence-corrected chi connectivity index (χ2v) is 11.1. The zero-order valence-electron chi connectivity index (χ0n) is 20.8. The Morgan fingerprint density at radius 3 is 2.59 bits per heavy atom. The number of rotatable bonds is 4. The van der Waals surface area contributed by atoms with Crippen LogP contribution in [0.2, 0.25) is 0 Å². The van der Waals surface area contributed by atoms with Crippen molar-refractivity contribution < 1.29 is 9.18 Å². The summed E-state index contributed by atoms with van der Waals surface area (Å²) in [6, 6.07) is 15.1. The first-order valence-electron chi connectivity index (χ1n) is 12.8. The van der Waals surface area contributed by atoms with Crippen LogP contribution < -0.4 is 5.56 Å². The van der Waals surface area contributed by atoms with Crippen molar-refractivity contribution in [1.29, 1.82) is 0 Å². The highest BCUT2D eigenvalue weighted by Gasteiger charge is 2.24. The Morgan fingerprint density at radius 2 is 1.84 bits per heavy atom. The van der Waals surface area contributed by atoms with Crippen molar-refractivity contribution >= 4 is 27.5 Å². The number of piperazine rings is 1. The Bertz CT molecular complexity index is 1520. The minimum absolute atomic E-state index is 0.00173. The smallest absolute Gasteiger partial charge is 0.271 e. The number of halogens is 1. The summed E-state index contributed by atoms with van der Waals surface area (Å²) < 4.78 is 15.8. The fourth-order valence-corrected chi connectivity index (χ4v) is 6.60. The number of thiophene rings is 1. The lowest BCUT2D eigenvalue weighted by Gasteiger charge is -2.34. The monoisotopic (exact) mass is 516 g/mol. The standard InChI is InChI=1S/C29H29FN4O2S/c1-19(35)33-12-10-32(11-13-33)17-20-2-3-23-15-25(9-6-22(23)14-20)34-18-31-26-16-27(37-28(26)29(34)36)21-4-7-24(30)8-5-21/h2-5,7-8,14,16,18,25H,6,9-13,15,17H2,1H3/t25-/m0/s1. The number of fused-ring (bicyclic) bond motifs is 2. The first kappa shape index (κ1) is 24.0. The number of amides is 1. The largest absolute Gasteiger partial charge is 0.340 e. The third-order valence-electron chi connectivity index (χ3n) is 7.68. The predicted molar refractivity (Wildman–Crippen MR) is 144 cm³/mol. The van der Waals surface area contributed by atoms with Crippen molar-refractivity contribution in [2.75, 3.05) is 26.2 Å². The maximum atomic E-state index is 13.4. The highest BCUT2D eigenvalue weighted by molar-refractivity contribution is 7.22. The van der Waals surface area contributed by atoms with Gasteiger partial charge in [0.1, 0.15) is 10.5 Å². The maximum Gasteiger partial charge on any atom is 0.271 e. The molecule has 8 heteroatoms. The molecule has 1 aliphatic carbocycles. The van der Waals surface area contributed by atoms with Crippen LogP contribution in [-0.4, -0.2) is 51.4 Å². The summed E-state index contributed by atoms with van der Waals surface area (Å²) >= 11 is 1.42. The molecule has 0 N–H and O–H groups in total. The number of nitrogens with zero attached hydrogens (tertiary/aromatic N) is 4. The van der Waals surface area contributed by atoms with Gasteiger partial charge in [0.25, 0.3) is 5.56 Å².